The number of Topliss-reactive ketones (excluding diaryl/α,β-unsaturated/α-hetero) is 1. The minimum Gasteiger partial charge on any atom is -0.293 e. The summed E-state index contributed by atoms with van der Waals surface area (Å²) in [6.45, 7) is 1.83. The molecule has 2 aromatic rings. The number of carbonyl (C=O) groups is 1. The molecule has 1 aromatic heterocycles. The van der Waals surface area contributed by atoms with Gasteiger partial charge in [0.1, 0.15) is 0 Å². The van der Waals surface area contributed by atoms with Crippen LogP contribution in [0.2, 0.25) is 10.0 Å². The molecule has 1 aromatic carbocycles. The SMILES string of the molecule is CC(C(=O)c1c(Cl)cccc1Cl)c1ccncc1. The number of ketones is 1. The van der Waals surface area contributed by atoms with Gasteiger partial charge in [0.15, 0.2) is 5.78 Å². The Morgan fingerprint density at radius 1 is 1.11 bits per heavy atom. The molecule has 0 aliphatic rings. The highest BCUT2D eigenvalue weighted by Gasteiger charge is 2.21. The average molecular weight is 280 g/mol. The zero-order chi connectivity index (χ0) is 13.1. The molecule has 0 bridgehead atoms. The number of nitrogens with zero attached hydrogens (tertiary/aromatic N) is 1. The second kappa shape index (κ2) is 5.51. The molecule has 0 saturated carbocycles. The summed E-state index contributed by atoms with van der Waals surface area (Å²) in [5.74, 6) is -0.387. The van der Waals surface area contributed by atoms with Gasteiger partial charge >= 0.3 is 0 Å². The first-order chi connectivity index (χ1) is 8.61. The molecule has 92 valence electrons. The molecule has 1 heterocycles. The molecule has 1 unspecified atom stereocenters. The minimum atomic E-state index is -0.301. The van der Waals surface area contributed by atoms with Gasteiger partial charge in [-0.1, -0.05) is 36.2 Å². The molecule has 0 aliphatic heterocycles. The number of benzene rings is 1. The van der Waals surface area contributed by atoms with Crippen LogP contribution >= 0.6 is 23.2 Å². The largest absolute Gasteiger partial charge is 0.293 e. The molecule has 4 heteroatoms. The summed E-state index contributed by atoms with van der Waals surface area (Å²) in [7, 11) is 0. The fraction of sp³-hybridized carbons (Fsp3) is 0.143. The van der Waals surface area contributed by atoms with Crippen molar-refractivity contribution in [2.24, 2.45) is 0 Å². The van der Waals surface area contributed by atoms with Crippen LogP contribution in [0.1, 0.15) is 28.8 Å². The smallest absolute Gasteiger partial charge is 0.173 e. The summed E-state index contributed by atoms with van der Waals surface area (Å²) in [5.41, 5.74) is 1.27. The van der Waals surface area contributed by atoms with Crippen LogP contribution in [0.25, 0.3) is 0 Å². The van der Waals surface area contributed by atoms with E-state index in [9.17, 15) is 4.79 Å². The third kappa shape index (κ3) is 2.55. The van der Waals surface area contributed by atoms with Crippen molar-refractivity contribution in [2.45, 2.75) is 12.8 Å². The van der Waals surface area contributed by atoms with Crippen molar-refractivity contribution >= 4 is 29.0 Å². The van der Waals surface area contributed by atoms with E-state index in [-0.39, 0.29) is 11.7 Å². The van der Waals surface area contributed by atoms with Crippen LogP contribution in [0.15, 0.2) is 42.7 Å². The van der Waals surface area contributed by atoms with Crippen molar-refractivity contribution in [3.63, 3.8) is 0 Å². The molecule has 0 spiro atoms. The predicted molar refractivity (Wildman–Crippen MR) is 73.4 cm³/mol. The van der Waals surface area contributed by atoms with Crippen molar-refractivity contribution in [1.29, 1.82) is 0 Å². The number of carbonyl (C=O) groups excluding carboxylic acids is 1. The van der Waals surface area contributed by atoms with Crippen LogP contribution in [0.5, 0.6) is 0 Å². The van der Waals surface area contributed by atoms with Gasteiger partial charge < -0.3 is 0 Å². The quantitative estimate of drug-likeness (QED) is 0.781. The lowest BCUT2D eigenvalue weighted by molar-refractivity contribution is 0.0966. The van der Waals surface area contributed by atoms with Gasteiger partial charge in [-0.15, -0.1) is 0 Å². The first-order valence-electron chi connectivity index (χ1n) is 5.49. The Morgan fingerprint density at radius 2 is 1.67 bits per heavy atom. The van der Waals surface area contributed by atoms with E-state index in [1.807, 2.05) is 19.1 Å². The van der Waals surface area contributed by atoms with Crippen LogP contribution in [-0.4, -0.2) is 10.8 Å². The molecule has 1 atom stereocenters. The summed E-state index contributed by atoms with van der Waals surface area (Å²) in [4.78, 5) is 16.3. The Bertz CT molecular complexity index is 549. The number of halogens is 2. The number of pyridine rings is 1. The lowest BCUT2D eigenvalue weighted by atomic mass is 9.93. The van der Waals surface area contributed by atoms with Gasteiger partial charge in [-0.3, -0.25) is 9.78 Å². The third-order valence-corrected chi connectivity index (χ3v) is 3.44. The Balaban J connectivity index is 2.38. The van der Waals surface area contributed by atoms with Crippen molar-refractivity contribution in [1.82, 2.24) is 4.98 Å². The zero-order valence-corrected chi connectivity index (χ0v) is 11.2. The van der Waals surface area contributed by atoms with E-state index in [0.717, 1.165) is 5.56 Å². The van der Waals surface area contributed by atoms with Crippen LogP contribution in [0.4, 0.5) is 0 Å². The fourth-order valence-electron chi connectivity index (χ4n) is 1.75. The van der Waals surface area contributed by atoms with Gasteiger partial charge in [-0.05, 0) is 29.8 Å². The highest BCUT2D eigenvalue weighted by molar-refractivity contribution is 6.40. The summed E-state index contributed by atoms with van der Waals surface area (Å²) in [6, 6.07) is 8.68. The van der Waals surface area contributed by atoms with Gasteiger partial charge in [-0.25, -0.2) is 0 Å². The Morgan fingerprint density at radius 3 is 2.22 bits per heavy atom. The molecule has 0 saturated heterocycles. The lowest BCUT2D eigenvalue weighted by Gasteiger charge is -2.12. The molecule has 18 heavy (non-hydrogen) atoms. The van der Waals surface area contributed by atoms with Crippen LogP contribution < -0.4 is 0 Å². The van der Waals surface area contributed by atoms with Crippen molar-refractivity contribution in [2.75, 3.05) is 0 Å². The standard InChI is InChI=1S/C14H11Cl2NO/c1-9(10-5-7-17-8-6-10)14(18)13-11(15)3-2-4-12(13)16/h2-9H,1H3. The number of aromatic nitrogens is 1. The van der Waals surface area contributed by atoms with Crippen LogP contribution in [-0.2, 0) is 0 Å². The van der Waals surface area contributed by atoms with Gasteiger partial charge in [0, 0.05) is 18.3 Å². The first kappa shape index (κ1) is 13.1. The van der Waals surface area contributed by atoms with E-state index < -0.39 is 0 Å². The normalized spacial score (nSPS) is 12.2. The number of hydrogen-bond donors (Lipinski definition) is 0. The molecule has 2 rings (SSSR count). The molecule has 0 aliphatic carbocycles. The maximum Gasteiger partial charge on any atom is 0.173 e. The fourth-order valence-corrected chi connectivity index (χ4v) is 2.34. The number of hydrogen-bond acceptors (Lipinski definition) is 2. The third-order valence-electron chi connectivity index (χ3n) is 2.81. The van der Waals surface area contributed by atoms with Crippen molar-refractivity contribution < 1.29 is 4.79 Å². The summed E-state index contributed by atoms with van der Waals surface area (Å²) >= 11 is 12.1. The van der Waals surface area contributed by atoms with E-state index in [0.29, 0.717) is 15.6 Å². The lowest BCUT2D eigenvalue weighted by Crippen LogP contribution is -2.11. The molecular weight excluding hydrogens is 269 g/mol. The highest BCUT2D eigenvalue weighted by Crippen LogP contribution is 2.29. The van der Waals surface area contributed by atoms with Crippen LogP contribution in [0, 0.1) is 0 Å². The summed E-state index contributed by atoms with van der Waals surface area (Å²) < 4.78 is 0. The molecule has 0 amide bonds. The van der Waals surface area contributed by atoms with Crippen molar-refractivity contribution in [3.8, 4) is 0 Å². The molecule has 0 fully saturated rings. The Hall–Kier alpha value is -1.38. The second-order valence-electron chi connectivity index (χ2n) is 3.96. The molecular formula is C14H11Cl2NO. The van der Waals surface area contributed by atoms with Gasteiger partial charge in [0.2, 0.25) is 0 Å². The predicted octanol–water partition coefficient (Wildman–Crippen LogP) is 4.37. The topological polar surface area (TPSA) is 30.0 Å². The molecule has 0 N–H and O–H groups in total. The molecule has 0 radical (unpaired) electrons. The Kier molecular flexibility index (Phi) is 4.00. The van der Waals surface area contributed by atoms with E-state index >= 15 is 0 Å². The molecule has 2 nitrogen and oxygen atoms in total. The zero-order valence-electron chi connectivity index (χ0n) is 9.73. The first-order valence-corrected chi connectivity index (χ1v) is 6.25. The second-order valence-corrected chi connectivity index (χ2v) is 4.78. The minimum absolute atomic E-state index is 0.0863. The van der Waals surface area contributed by atoms with E-state index in [1.54, 1.807) is 30.6 Å². The van der Waals surface area contributed by atoms with E-state index in [2.05, 4.69) is 4.98 Å². The maximum atomic E-state index is 12.4. The summed E-state index contributed by atoms with van der Waals surface area (Å²) in [6.07, 6.45) is 3.32. The average Bonchev–Trinajstić information content (AvgIpc) is 2.38. The van der Waals surface area contributed by atoms with Crippen LogP contribution in [0.3, 0.4) is 0 Å². The van der Waals surface area contributed by atoms with Gasteiger partial charge in [0.25, 0.3) is 0 Å². The monoisotopic (exact) mass is 279 g/mol. The van der Waals surface area contributed by atoms with E-state index in [4.69, 9.17) is 23.2 Å². The highest BCUT2D eigenvalue weighted by atomic mass is 35.5. The summed E-state index contributed by atoms with van der Waals surface area (Å²) in [5, 5.41) is 0.766. The number of rotatable bonds is 3. The van der Waals surface area contributed by atoms with Gasteiger partial charge in [-0.2, -0.15) is 0 Å². The van der Waals surface area contributed by atoms with Crippen molar-refractivity contribution in [3.05, 3.63) is 63.9 Å². The van der Waals surface area contributed by atoms with Gasteiger partial charge in [0.05, 0.1) is 15.6 Å². The maximum absolute atomic E-state index is 12.4. The Labute approximate surface area is 116 Å². The van der Waals surface area contributed by atoms with E-state index in [1.165, 1.54) is 0 Å².